The van der Waals surface area contributed by atoms with Crippen molar-refractivity contribution >= 4 is 34.6 Å². The number of rotatable bonds is 6. The summed E-state index contributed by atoms with van der Waals surface area (Å²) in [5.41, 5.74) is 1.92. The quantitative estimate of drug-likeness (QED) is 0.288. The lowest BCUT2D eigenvalue weighted by molar-refractivity contribution is -0.385. The van der Waals surface area contributed by atoms with Crippen molar-refractivity contribution in [3.63, 3.8) is 0 Å². The summed E-state index contributed by atoms with van der Waals surface area (Å²) in [6.45, 7) is 1.27. The average Bonchev–Trinajstić information content (AvgIpc) is 3.34. The molecule has 196 valence electrons. The van der Waals surface area contributed by atoms with E-state index in [2.05, 4.69) is 0 Å². The lowest BCUT2D eigenvalue weighted by atomic mass is 9.83. The molecule has 0 bridgehead atoms. The minimum Gasteiger partial charge on any atom is -0.340 e. The highest BCUT2D eigenvalue weighted by Gasteiger charge is 2.50. The zero-order valence-electron chi connectivity index (χ0n) is 20.3. The molecule has 0 spiro atoms. The van der Waals surface area contributed by atoms with Gasteiger partial charge in [-0.15, -0.1) is 0 Å². The molecule has 0 radical (unpaired) electrons. The molecule has 0 aromatic heterocycles. The fourth-order valence-corrected chi connectivity index (χ4v) is 5.30. The Hall–Kier alpha value is -4.02. The molecule has 10 nitrogen and oxygen atoms in total. The Morgan fingerprint density at radius 1 is 0.789 bits per heavy atom. The molecule has 2 saturated heterocycles. The summed E-state index contributed by atoms with van der Waals surface area (Å²) in [7, 11) is 0. The van der Waals surface area contributed by atoms with Crippen molar-refractivity contribution in [2.24, 2.45) is 0 Å². The molecule has 1 amide bonds. The number of carbonyl (C=O) groups is 1. The Morgan fingerprint density at radius 3 is 1.84 bits per heavy atom. The zero-order chi connectivity index (χ0) is 26.8. The highest BCUT2D eigenvalue weighted by Crippen LogP contribution is 2.49. The summed E-state index contributed by atoms with van der Waals surface area (Å²) in [5, 5.41) is 24.8. The van der Waals surface area contributed by atoms with Crippen LogP contribution in [0.15, 0.2) is 72.8 Å². The lowest BCUT2D eigenvalue weighted by Gasteiger charge is -2.30. The number of amides is 1. The van der Waals surface area contributed by atoms with E-state index in [1.807, 2.05) is 4.90 Å². The summed E-state index contributed by atoms with van der Waals surface area (Å²) in [6.07, 6.45) is 1.97. The molecule has 2 fully saturated rings. The van der Waals surface area contributed by atoms with E-state index in [4.69, 9.17) is 16.4 Å². The van der Waals surface area contributed by atoms with Crippen LogP contribution in [0.3, 0.4) is 0 Å². The van der Waals surface area contributed by atoms with Gasteiger partial charge in [0.15, 0.2) is 6.10 Å². The Balaban J connectivity index is 1.63. The Labute approximate surface area is 223 Å². The van der Waals surface area contributed by atoms with Gasteiger partial charge in [-0.05, 0) is 54.7 Å². The first kappa shape index (κ1) is 25.6. The van der Waals surface area contributed by atoms with E-state index in [1.54, 1.807) is 53.6 Å². The Kier molecular flexibility index (Phi) is 7.26. The first-order valence-electron chi connectivity index (χ1n) is 12.3. The molecule has 0 aliphatic carbocycles. The number of anilines is 1. The molecular formula is C27H25ClN4O6. The fraction of sp³-hybridized carbons (Fsp3) is 0.296. The highest BCUT2D eigenvalue weighted by molar-refractivity contribution is 6.30. The number of hydrogen-bond acceptors (Lipinski definition) is 7. The van der Waals surface area contributed by atoms with Crippen molar-refractivity contribution in [1.82, 2.24) is 4.90 Å². The van der Waals surface area contributed by atoms with Gasteiger partial charge in [-0.2, -0.15) is 0 Å². The molecular weight excluding hydrogens is 512 g/mol. The van der Waals surface area contributed by atoms with Crippen LogP contribution in [-0.4, -0.2) is 39.8 Å². The highest BCUT2D eigenvalue weighted by atomic mass is 35.5. The molecule has 3 atom stereocenters. The SMILES string of the molecule is O=C([C@H]1ON(c2ccc(Cl)cc2)[C@@H](c2ccc([N+](=O)[O-])cc2)[C@@H]1c1ccc([N+](=O)[O-])cc1)N1CCCCC1. The van der Waals surface area contributed by atoms with E-state index in [9.17, 15) is 25.0 Å². The van der Waals surface area contributed by atoms with Crippen molar-refractivity contribution in [2.45, 2.75) is 37.3 Å². The number of halogens is 1. The number of piperidine rings is 1. The monoisotopic (exact) mass is 536 g/mol. The first-order chi connectivity index (χ1) is 18.3. The summed E-state index contributed by atoms with van der Waals surface area (Å²) >= 11 is 6.13. The van der Waals surface area contributed by atoms with Gasteiger partial charge in [-0.25, -0.2) is 5.06 Å². The van der Waals surface area contributed by atoms with Gasteiger partial charge in [0.05, 0.1) is 21.6 Å². The molecule has 0 N–H and O–H groups in total. The van der Waals surface area contributed by atoms with Crippen molar-refractivity contribution in [1.29, 1.82) is 0 Å². The van der Waals surface area contributed by atoms with Crippen LogP contribution in [-0.2, 0) is 9.63 Å². The van der Waals surface area contributed by atoms with Crippen LogP contribution in [0.5, 0.6) is 0 Å². The maximum atomic E-state index is 13.9. The minimum atomic E-state index is -0.912. The third-order valence-electron chi connectivity index (χ3n) is 7.07. The number of likely N-dealkylation sites (tertiary alicyclic amines) is 1. The number of nitrogens with zero attached hydrogens (tertiary/aromatic N) is 4. The third-order valence-corrected chi connectivity index (χ3v) is 7.32. The maximum absolute atomic E-state index is 13.9. The minimum absolute atomic E-state index is 0.0569. The van der Waals surface area contributed by atoms with Gasteiger partial charge in [0, 0.05) is 48.3 Å². The van der Waals surface area contributed by atoms with Gasteiger partial charge < -0.3 is 4.90 Å². The standard InChI is InChI=1S/C27H25ClN4O6/c28-20-8-14-21(15-9-20)30-25(19-6-12-23(13-7-19)32(36)37)24(18-4-10-22(11-5-18)31(34)35)26(38-30)27(33)29-16-2-1-3-17-29/h4-15,24-26H,1-3,16-17H2/t24-,25-,26-/m0/s1. The number of nitro groups is 2. The fourth-order valence-electron chi connectivity index (χ4n) is 5.18. The van der Waals surface area contributed by atoms with E-state index >= 15 is 0 Å². The maximum Gasteiger partial charge on any atom is 0.269 e. The van der Waals surface area contributed by atoms with Crippen LogP contribution in [0, 0.1) is 20.2 Å². The van der Waals surface area contributed by atoms with Gasteiger partial charge in [-0.3, -0.25) is 29.9 Å². The second kappa shape index (κ2) is 10.8. The molecule has 2 aliphatic heterocycles. The first-order valence-corrected chi connectivity index (χ1v) is 12.7. The Bertz CT molecular complexity index is 1330. The summed E-state index contributed by atoms with van der Waals surface area (Å²) in [6, 6.07) is 18.7. The number of benzene rings is 3. The van der Waals surface area contributed by atoms with Crippen molar-refractivity contribution in [3.8, 4) is 0 Å². The number of hydroxylamine groups is 1. The van der Waals surface area contributed by atoms with Gasteiger partial charge >= 0.3 is 0 Å². The molecule has 11 heteroatoms. The van der Waals surface area contributed by atoms with Crippen molar-refractivity contribution in [2.75, 3.05) is 18.2 Å². The van der Waals surface area contributed by atoms with Crippen LogP contribution in [0.4, 0.5) is 17.1 Å². The number of hydrogen-bond donors (Lipinski definition) is 0. The Morgan fingerprint density at radius 2 is 1.32 bits per heavy atom. The molecule has 5 rings (SSSR count). The van der Waals surface area contributed by atoms with Crippen LogP contribution in [0.2, 0.25) is 5.02 Å². The molecule has 38 heavy (non-hydrogen) atoms. The van der Waals surface area contributed by atoms with E-state index < -0.39 is 27.9 Å². The number of nitro benzene ring substituents is 2. The smallest absolute Gasteiger partial charge is 0.269 e. The second-order valence-electron chi connectivity index (χ2n) is 9.38. The van der Waals surface area contributed by atoms with Gasteiger partial charge in [0.1, 0.15) is 0 Å². The predicted molar refractivity (Wildman–Crippen MR) is 141 cm³/mol. The summed E-state index contributed by atoms with van der Waals surface area (Å²) < 4.78 is 0. The number of carbonyl (C=O) groups excluding carboxylic acids is 1. The molecule has 2 aliphatic rings. The van der Waals surface area contributed by atoms with Crippen LogP contribution >= 0.6 is 11.6 Å². The van der Waals surface area contributed by atoms with E-state index in [1.165, 1.54) is 24.3 Å². The molecule has 3 aromatic rings. The molecule has 0 unspecified atom stereocenters. The number of non-ortho nitro benzene ring substituents is 2. The van der Waals surface area contributed by atoms with Crippen LogP contribution in [0.25, 0.3) is 0 Å². The molecule has 3 aromatic carbocycles. The van der Waals surface area contributed by atoms with E-state index in [-0.39, 0.29) is 17.3 Å². The summed E-state index contributed by atoms with van der Waals surface area (Å²) in [5.74, 6) is -0.709. The largest absolute Gasteiger partial charge is 0.340 e. The lowest BCUT2D eigenvalue weighted by Crippen LogP contribution is -2.44. The predicted octanol–water partition coefficient (Wildman–Crippen LogP) is 5.81. The van der Waals surface area contributed by atoms with Crippen LogP contribution < -0.4 is 5.06 Å². The normalized spacial score (nSPS) is 21.3. The molecule has 0 saturated carbocycles. The second-order valence-corrected chi connectivity index (χ2v) is 9.82. The van der Waals surface area contributed by atoms with Gasteiger partial charge in [0.2, 0.25) is 0 Å². The van der Waals surface area contributed by atoms with E-state index in [0.717, 1.165) is 19.3 Å². The van der Waals surface area contributed by atoms with Gasteiger partial charge in [0.25, 0.3) is 17.3 Å². The third kappa shape index (κ3) is 5.05. The topological polar surface area (TPSA) is 119 Å². The van der Waals surface area contributed by atoms with Gasteiger partial charge in [-0.1, -0.05) is 35.9 Å². The average molecular weight is 537 g/mol. The zero-order valence-corrected chi connectivity index (χ0v) is 21.1. The van der Waals surface area contributed by atoms with Crippen molar-refractivity contribution < 1.29 is 19.5 Å². The van der Waals surface area contributed by atoms with E-state index in [0.29, 0.717) is 34.9 Å². The summed E-state index contributed by atoms with van der Waals surface area (Å²) in [4.78, 5) is 43.7. The van der Waals surface area contributed by atoms with Crippen LogP contribution in [0.1, 0.15) is 42.3 Å². The molecule has 2 heterocycles. The van der Waals surface area contributed by atoms with Crippen molar-refractivity contribution in [3.05, 3.63) is 109 Å².